The predicted octanol–water partition coefficient (Wildman–Crippen LogP) is 5.62. The molecule has 0 aliphatic heterocycles. The number of fused-ring (bicyclic) bond motifs is 1. The number of carbonyl (C=O) groups is 1. The van der Waals surface area contributed by atoms with Crippen LogP contribution in [0.15, 0.2) is 12.1 Å². The molecular weight excluding hydrogens is 392 g/mol. The Morgan fingerprint density at radius 1 is 1.07 bits per heavy atom. The first-order chi connectivity index (χ1) is 13.5. The van der Waals surface area contributed by atoms with Crippen molar-refractivity contribution in [2.45, 2.75) is 54.9 Å². The van der Waals surface area contributed by atoms with Crippen molar-refractivity contribution in [3.8, 4) is 11.5 Å². The summed E-state index contributed by atoms with van der Waals surface area (Å²) in [7, 11) is 2.98. The second-order valence-electron chi connectivity index (χ2n) is 8.09. The molecule has 0 spiro atoms. The van der Waals surface area contributed by atoms with E-state index in [0.717, 1.165) is 0 Å². The molecule has 0 N–H and O–H groups in total. The Balaban J connectivity index is 0.00000204. The minimum absolute atomic E-state index is 0.235. The van der Waals surface area contributed by atoms with E-state index in [4.69, 9.17) is 25.8 Å². The minimum atomic E-state index is -0.604. The Bertz CT molecular complexity index is 850. The number of nitrogens with zero attached hydrogens (tertiary/aromatic N) is 2. The van der Waals surface area contributed by atoms with E-state index in [0.29, 0.717) is 46.4 Å². The molecule has 0 radical (unpaired) electrons. The van der Waals surface area contributed by atoms with E-state index in [1.54, 1.807) is 26.2 Å². The van der Waals surface area contributed by atoms with Crippen LogP contribution in [0.2, 0.25) is 5.15 Å². The van der Waals surface area contributed by atoms with Crippen LogP contribution in [-0.2, 0) is 9.53 Å². The van der Waals surface area contributed by atoms with Gasteiger partial charge >= 0.3 is 5.97 Å². The highest BCUT2D eigenvalue weighted by molar-refractivity contribution is 6.34. The molecule has 2 aromatic rings. The molecule has 0 amide bonds. The average Bonchev–Trinajstić information content (AvgIpc) is 2.65. The van der Waals surface area contributed by atoms with Gasteiger partial charge in [0, 0.05) is 11.5 Å². The van der Waals surface area contributed by atoms with Crippen molar-refractivity contribution in [3.05, 3.63) is 23.1 Å². The molecule has 6 nitrogen and oxygen atoms in total. The molecule has 162 valence electrons. The van der Waals surface area contributed by atoms with E-state index in [9.17, 15) is 4.79 Å². The first-order valence-electron chi connectivity index (χ1n) is 9.72. The highest BCUT2D eigenvalue weighted by Crippen LogP contribution is 2.38. The second kappa shape index (κ2) is 10.1. The van der Waals surface area contributed by atoms with Crippen LogP contribution in [-0.4, -0.2) is 36.8 Å². The second-order valence-corrected chi connectivity index (χ2v) is 8.44. The van der Waals surface area contributed by atoms with Crippen molar-refractivity contribution in [1.29, 1.82) is 0 Å². The quantitative estimate of drug-likeness (QED) is 0.424. The molecule has 2 rings (SSSR count). The number of benzene rings is 1. The van der Waals surface area contributed by atoms with Crippen LogP contribution in [0.5, 0.6) is 11.5 Å². The molecule has 0 saturated carbocycles. The maximum Gasteiger partial charge on any atom is 0.311 e. The average molecular weight is 425 g/mol. The molecular formula is C22H33ClN2O4. The molecule has 1 heterocycles. The summed E-state index contributed by atoms with van der Waals surface area (Å²) >= 11 is 6.22. The Morgan fingerprint density at radius 3 is 2.24 bits per heavy atom. The van der Waals surface area contributed by atoms with Crippen molar-refractivity contribution in [2.24, 2.45) is 10.8 Å². The summed E-state index contributed by atoms with van der Waals surface area (Å²) in [5.74, 6) is 1.48. The largest absolute Gasteiger partial charge is 0.493 e. The third kappa shape index (κ3) is 6.46. The number of halogens is 1. The van der Waals surface area contributed by atoms with Gasteiger partial charge in [0.2, 0.25) is 0 Å². The fourth-order valence-electron chi connectivity index (χ4n) is 3.35. The fraction of sp³-hybridized carbons (Fsp3) is 0.591. The third-order valence-electron chi connectivity index (χ3n) is 4.32. The number of esters is 1. The number of ether oxygens (including phenoxy) is 3. The van der Waals surface area contributed by atoms with Gasteiger partial charge < -0.3 is 14.2 Å². The lowest BCUT2D eigenvalue weighted by Gasteiger charge is -2.33. The highest BCUT2D eigenvalue weighted by atomic mass is 35.5. The summed E-state index contributed by atoms with van der Waals surface area (Å²) in [4.78, 5) is 20.6. The van der Waals surface area contributed by atoms with Gasteiger partial charge in [0.05, 0.1) is 31.8 Å². The van der Waals surface area contributed by atoms with Crippen molar-refractivity contribution in [1.82, 2.24) is 9.97 Å². The topological polar surface area (TPSA) is 70.5 Å². The number of carbonyl (C=O) groups excluding carboxylic acids is 1. The number of hydrogen-bond donors (Lipinski definition) is 0. The van der Waals surface area contributed by atoms with Gasteiger partial charge in [0.25, 0.3) is 0 Å². The summed E-state index contributed by atoms with van der Waals surface area (Å²) in [6.07, 6.45) is 0.607. The maximum absolute atomic E-state index is 12.0. The lowest BCUT2D eigenvalue weighted by molar-refractivity contribution is -0.152. The van der Waals surface area contributed by atoms with Gasteiger partial charge in [-0.1, -0.05) is 39.3 Å². The molecule has 29 heavy (non-hydrogen) atoms. The standard InChI is InChI=1S/C20H27ClN2O4.C2H6/c1-12-22-14-9-16(15(25-6)8-13(14)17(21)23-12)27-11-19(2,3)10-20(4,5)18(24)26-7;1-2/h8-9H,10-11H2,1-7H3;1-2H3. The molecule has 0 atom stereocenters. The number of hydrogen-bond acceptors (Lipinski definition) is 6. The highest BCUT2D eigenvalue weighted by Gasteiger charge is 2.36. The molecule has 0 aliphatic carbocycles. The molecule has 0 bridgehead atoms. The van der Waals surface area contributed by atoms with Crippen molar-refractivity contribution in [2.75, 3.05) is 20.8 Å². The number of methoxy groups -OCH3 is 2. The van der Waals surface area contributed by atoms with Crippen LogP contribution in [0.4, 0.5) is 0 Å². The van der Waals surface area contributed by atoms with Crippen LogP contribution in [0.25, 0.3) is 10.9 Å². The first kappa shape index (κ1) is 25.0. The molecule has 0 fully saturated rings. The van der Waals surface area contributed by atoms with Gasteiger partial charge in [-0.15, -0.1) is 0 Å². The van der Waals surface area contributed by atoms with Crippen LogP contribution in [0, 0.1) is 17.8 Å². The number of rotatable bonds is 7. The van der Waals surface area contributed by atoms with Crippen molar-refractivity contribution >= 4 is 28.5 Å². The van der Waals surface area contributed by atoms with E-state index in [2.05, 4.69) is 9.97 Å². The van der Waals surface area contributed by atoms with Crippen molar-refractivity contribution in [3.63, 3.8) is 0 Å². The molecule has 1 aromatic carbocycles. The lowest BCUT2D eigenvalue weighted by atomic mass is 9.75. The van der Waals surface area contributed by atoms with E-state index < -0.39 is 5.41 Å². The van der Waals surface area contributed by atoms with E-state index in [1.165, 1.54) is 7.11 Å². The third-order valence-corrected chi connectivity index (χ3v) is 4.61. The molecule has 1 aromatic heterocycles. The zero-order valence-corrected chi connectivity index (χ0v) is 19.7. The van der Waals surface area contributed by atoms with Crippen LogP contribution < -0.4 is 9.47 Å². The van der Waals surface area contributed by atoms with Gasteiger partial charge in [0.1, 0.15) is 11.0 Å². The summed E-state index contributed by atoms with van der Waals surface area (Å²) in [6.45, 7) is 14.0. The Labute approximate surface area is 178 Å². The fourth-order valence-corrected chi connectivity index (χ4v) is 3.62. The Hall–Kier alpha value is -2.08. The van der Waals surface area contributed by atoms with Gasteiger partial charge in [-0.25, -0.2) is 9.97 Å². The molecule has 0 aliphatic rings. The van der Waals surface area contributed by atoms with E-state index in [1.807, 2.05) is 41.5 Å². The van der Waals surface area contributed by atoms with Gasteiger partial charge in [-0.3, -0.25) is 4.79 Å². The maximum atomic E-state index is 12.0. The monoisotopic (exact) mass is 424 g/mol. The Kier molecular flexibility index (Phi) is 8.69. The van der Waals surface area contributed by atoms with E-state index >= 15 is 0 Å². The van der Waals surface area contributed by atoms with E-state index in [-0.39, 0.29) is 11.4 Å². The minimum Gasteiger partial charge on any atom is -0.493 e. The van der Waals surface area contributed by atoms with Gasteiger partial charge in [-0.2, -0.15) is 0 Å². The summed E-state index contributed by atoms with van der Waals surface area (Å²) in [5.41, 5.74) is -0.180. The summed E-state index contributed by atoms with van der Waals surface area (Å²) in [6, 6.07) is 3.58. The zero-order valence-electron chi connectivity index (χ0n) is 19.0. The summed E-state index contributed by atoms with van der Waals surface area (Å²) < 4.78 is 16.4. The number of aryl methyl sites for hydroxylation is 1. The van der Waals surface area contributed by atoms with Gasteiger partial charge in [0.15, 0.2) is 11.5 Å². The molecule has 0 unspecified atom stereocenters. The molecule has 7 heteroatoms. The summed E-state index contributed by atoms with van der Waals surface area (Å²) in [5, 5.41) is 1.08. The Morgan fingerprint density at radius 2 is 1.69 bits per heavy atom. The SMILES string of the molecule is CC.COC(=O)C(C)(C)CC(C)(C)COc1cc2nc(C)nc(Cl)c2cc1OC. The molecule has 0 saturated heterocycles. The lowest BCUT2D eigenvalue weighted by Crippen LogP contribution is -2.34. The van der Waals surface area contributed by atoms with Crippen LogP contribution >= 0.6 is 11.6 Å². The van der Waals surface area contributed by atoms with Crippen LogP contribution in [0.3, 0.4) is 0 Å². The van der Waals surface area contributed by atoms with Crippen molar-refractivity contribution < 1.29 is 19.0 Å². The van der Waals surface area contributed by atoms with Crippen LogP contribution in [0.1, 0.15) is 53.8 Å². The number of aromatic nitrogens is 2. The zero-order chi connectivity index (χ0) is 22.4. The normalized spacial score (nSPS) is 11.5. The smallest absolute Gasteiger partial charge is 0.311 e. The van der Waals surface area contributed by atoms with Gasteiger partial charge in [-0.05, 0) is 38.7 Å². The predicted molar refractivity (Wildman–Crippen MR) is 117 cm³/mol. The first-order valence-corrected chi connectivity index (χ1v) is 10.1.